The van der Waals surface area contributed by atoms with Crippen LogP contribution in [-0.2, 0) is 10.2 Å². The first-order chi connectivity index (χ1) is 8.93. The lowest BCUT2D eigenvalue weighted by molar-refractivity contribution is 0.150. The van der Waals surface area contributed by atoms with Gasteiger partial charge in [0.2, 0.25) is 0 Å². The molecule has 1 aromatic rings. The van der Waals surface area contributed by atoms with Crippen molar-refractivity contribution in [2.75, 3.05) is 19.8 Å². The summed E-state index contributed by atoms with van der Waals surface area (Å²) in [5.41, 5.74) is 1.33. The first kappa shape index (κ1) is 15.3. The molecule has 0 spiro atoms. The molecule has 1 N–H and O–H groups in total. The Morgan fingerprint density at radius 2 is 2.05 bits per heavy atom. The summed E-state index contributed by atoms with van der Waals surface area (Å²) in [5.74, 6) is 0.818. The van der Waals surface area contributed by atoms with Gasteiger partial charge < -0.3 is 14.8 Å². The van der Waals surface area contributed by atoms with Crippen LogP contribution in [0.4, 0.5) is 4.79 Å². The van der Waals surface area contributed by atoms with E-state index in [1.54, 1.807) is 6.92 Å². The summed E-state index contributed by atoms with van der Waals surface area (Å²) >= 11 is 0. The molecule has 0 aliphatic rings. The third-order valence-electron chi connectivity index (χ3n) is 2.62. The number of rotatable bonds is 5. The van der Waals surface area contributed by atoms with Gasteiger partial charge in [0.1, 0.15) is 12.4 Å². The Morgan fingerprint density at radius 3 is 2.68 bits per heavy atom. The van der Waals surface area contributed by atoms with Crippen LogP contribution in [0.5, 0.6) is 5.75 Å². The maximum atomic E-state index is 11.1. The molecule has 0 saturated heterocycles. The van der Waals surface area contributed by atoms with Gasteiger partial charge in [0.25, 0.3) is 0 Å². The predicted octanol–water partition coefficient (Wildman–Crippen LogP) is 3.11. The lowest BCUT2D eigenvalue weighted by Crippen LogP contribution is -2.28. The van der Waals surface area contributed by atoms with Crippen molar-refractivity contribution < 1.29 is 14.3 Å². The van der Waals surface area contributed by atoms with E-state index in [1.807, 2.05) is 18.2 Å². The van der Waals surface area contributed by atoms with Gasteiger partial charge in [-0.15, -0.1) is 0 Å². The highest BCUT2D eigenvalue weighted by Crippen LogP contribution is 2.25. The van der Waals surface area contributed by atoms with Crippen molar-refractivity contribution in [2.24, 2.45) is 0 Å². The summed E-state index contributed by atoms with van der Waals surface area (Å²) in [4.78, 5) is 11.1. The predicted molar refractivity (Wildman–Crippen MR) is 75.7 cm³/mol. The van der Waals surface area contributed by atoms with Crippen LogP contribution >= 0.6 is 0 Å². The zero-order valence-corrected chi connectivity index (χ0v) is 12.2. The number of hydrogen-bond donors (Lipinski definition) is 1. The molecule has 4 nitrogen and oxygen atoms in total. The third kappa shape index (κ3) is 5.64. The fourth-order valence-corrected chi connectivity index (χ4v) is 1.56. The summed E-state index contributed by atoms with van der Waals surface area (Å²) in [7, 11) is 0. The van der Waals surface area contributed by atoms with Crippen LogP contribution in [0, 0.1) is 0 Å². The lowest BCUT2D eigenvalue weighted by atomic mass is 9.87. The van der Waals surface area contributed by atoms with Crippen LogP contribution in [0.1, 0.15) is 33.3 Å². The number of hydrogen-bond acceptors (Lipinski definition) is 3. The number of benzene rings is 1. The quantitative estimate of drug-likeness (QED) is 0.832. The zero-order valence-electron chi connectivity index (χ0n) is 12.2. The van der Waals surface area contributed by atoms with Crippen molar-refractivity contribution in [3.63, 3.8) is 0 Å². The summed E-state index contributed by atoms with van der Waals surface area (Å²) < 4.78 is 10.4. The standard InChI is InChI=1S/C15H23NO3/c1-5-18-14(17)16-9-10-19-13-8-6-7-12(11-13)15(2,3)4/h6-8,11H,5,9-10H2,1-4H3,(H,16,17). The van der Waals surface area contributed by atoms with Gasteiger partial charge in [-0.3, -0.25) is 0 Å². The van der Waals surface area contributed by atoms with Crippen LogP contribution in [0.2, 0.25) is 0 Å². The van der Waals surface area contributed by atoms with E-state index >= 15 is 0 Å². The number of ether oxygens (including phenoxy) is 2. The van der Waals surface area contributed by atoms with Crippen molar-refractivity contribution >= 4 is 6.09 Å². The molecule has 0 unspecified atom stereocenters. The second-order valence-electron chi connectivity index (χ2n) is 5.27. The third-order valence-corrected chi connectivity index (χ3v) is 2.62. The molecule has 0 radical (unpaired) electrons. The van der Waals surface area contributed by atoms with Crippen molar-refractivity contribution in [2.45, 2.75) is 33.1 Å². The first-order valence-corrected chi connectivity index (χ1v) is 6.57. The van der Waals surface area contributed by atoms with Crippen molar-refractivity contribution in [3.8, 4) is 5.75 Å². The molecule has 1 aromatic carbocycles. The summed E-state index contributed by atoms with van der Waals surface area (Å²) in [6.45, 7) is 9.48. The Hall–Kier alpha value is -1.71. The summed E-state index contributed by atoms with van der Waals surface area (Å²) in [5, 5.41) is 2.61. The molecule has 0 aromatic heterocycles. The monoisotopic (exact) mass is 265 g/mol. The smallest absolute Gasteiger partial charge is 0.407 e. The Morgan fingerprint density at radius 1 is 1.32 bits per heavy atom. The molecule has 19 heavy (non-hydrogen) atoms. The number of carbonyl (C=O) groups is 1. The van der Waals surface area contributed by atoms with E-state index in [-0.39, 0.29) is 5.41 Å². The minimum Gasteiger partial charge on any atom is -0.492 e. The van der Waals surface area contributed by atoms with Crippen LogP contribution in [0.25, 0.3) is 0 Å². The highest BCUT2D eigenvalue weighted by atomic mass is 16.5. The Balaban J connectivity index is 2.40. The molecule has 0 aliphatic carbocycles. The molecule has 0 heterocycles. The van der Waals surface area contributed by atoms with Crippen molar-refractivity contribution in [3.05, 3.63) is 29.8 Å². The molecule has 0 bridgehead atoms. The van der Waals surface area contributed by atoms with E-state index in [0.717, 1.165) is 5.75 Å². The molecule has 0 aliphatic heterocycles. The Bertz CT molecular complexity index is 410. The number of amides is 1. The SMILES string of the molecule is CCOC(=O)NCCOc1cccc(C(C)(C)C)c1. The van der Waals surface area contributed by atoms with E-state index in [1.165, 1.54) is 5.56 Å². The largest absolute Gasteiger partial charge is 0.492 e. The van der Waals surface area contributed by atoms with Crippen LogP contribution in [-0.4, -0.2) is 25.9 Å². The minimum atomic E-state index is -0.408. The number of nitrogens with one attached hydrogen (secondary N) is 1. The normalized spacial score (nSPS) is 10.9. The Kier molecular flexibility index (Phi) is 5.67. The minimum absolute atomic E-state index is 0.0998. The van der Waals surface area contributed by atoms with Crippen LogP contribution < -0.4 is 10.1 Å². The fourth-order valence-electron chi connectivity index (χ4n) is 1.56. The van der Waals surface area contributed by atoms with Gasteiger partial charge in [-0.2, -0.15) is 0 Å². The first-order valence-electron chi connectivity index (χ1n) is 6.57. The molecule has 0 saturated carbocycles. The Labute approximate surface area is 115 Å². The topological polar surface area (TPSA) is 47.6 Å². The second-order valence-corrected chi connectivity index (χ2v) is 5.27. The summed E-state index contributed by atoms with van der Waals surface area (Å²) in [6, 6.07) is 8.02. The molecule has 106 valence electrons. The molecule has 1 rings (SSSR count). The van der Waals surface area contributed by atoms with Gasteiger partial charge >= 0.3 is 6.09 Å². The number of alkyl carbamates (subject to hydrolysis) is 1. The van der Waals surface area contributed by atoms with Crippen LogP contribution in [0.3, 0.4) is 0 Å². The molecule has 4 heteroatoms. The second kappa shape index (κ2) is 7.02. The van der Waals surface area contributed by atoms with E-state index in [0.29, 0.717) is 19.8 Å². The number of carbonyl (C=O) groups excluding carboxylic acids is 1. The van der Waals surface area contributed by atoms with Gasteiger partial charge in [0.15, 0.2) is 0 Å². The van der Waals surface area contributed by atoms with E-state index in [2.05, 4.69) is 32.2 Å². The summed E-state index contributed by atoms with van der Waals surface area (Å²) in [6.07, 6.45) is -0.408. The van der Waals surface area contributed by atoms with Gasteiger partial charge in [0.05, 0.1) is 13.2 Å². The average molecular weight is 265 g/mol. The van der Waals surface area contributed by atoms with Gasteiger partial charge in [-0.1, -0.05) is 32.9 Å². The van der Waals surface area contributed by atoms with Crippen molar-refractivity contribution in [1.82, 2.24) is 5.32 Å². The molecule has 0 fully saturated rings. The zero-order chi connectivity index (χ0) is 14.3. The molecular formula is C15H23NO3. The van der Waals surface area contributed by atoms with Crippen molar-refractivity contribution in [1.29, 1.82) is 0 Å². The maximum Gasteiger partial charge on any atom is 0.407 e. The molecule has 1 amide bonds. The lowest BCUT2D eigenvalue weighted by Gasteiger charge is -2.19. The maximum absolute atomic E-state index is 11.1. The fraction of sp³-hybridized carbons (Fsp3) is 0.533. The van der Waals surface area contributed by atoms with E-state index in [9.17, 15) is 4.79 Å². The van der Waals surface area contributed by atoms with Gasteiger partial charge in [-0.05, 0) is 30.0 Å². The highest BCUT2D eigenvalue weighted by Gasteiger charge is 2.13. The molecule has 0 atom stereocenters. The van der Waals surface area contributed by atoms with E-state index < -0.39 is 6.09 Å². The molecular weight excluding hydrogens is 242 g/mol. The van der Waals surface area contributed by atoms with Gasteiger partial charge in [-0.25, -0.2) is 4.79 Å². The van der Waals surface area contributed by atoms with Crippen LogP contribution in [0.15, 0.2) is 24.3 Å². The highest BCUT2D eigenvalue weighted by molar-refractivity contribution is 5.66. The van der Waals surface area contributed by atoms with Gasteiger partial charge in [0, 0.05) is 0 Å². The average Bonchev–Trinajstić information content (AvgIpc) is 2.34. The van der Waals surface area contributed by atoms with E-state index in [4.69, 9.17) is 9.47 Å².